The summed E-state index contributed by atoms with van der Waals surface area (Å²) in [5, 5.41) is 7.15. The summed E-state index contributed by atoms with van der Waals surface area (Å²) in [4.78, 5) is 3.96. The third-order valence-corrected chi connectivity index (χ3v) is 5.42. The Morgan fingerprint density at radius 1 is 1.32 bits per heavy atom. The van der Waals surface area contributed by atoms with Gasteiger partial charge in [-0.1, -0.05) is 24.6 Å². The van der Waals surface area contributed by atoms with Gasteiger partial charge in [-0.25, -0.2) is 9.71 Å². The summed E-state index contributed by atoms with van der Waals surface area (Å²) in [5.74, 6) is 0.627. The average Bonchev–Trinajstić information content (AvgIpc) is 2.74. The Labute approximate surface area is 117 Å². The maximum absolute atomic E-state index is 12.1. The Hall–Kier alpha value is -0.640. The summed E-state index contributed by atoms with van der Waals surface area (Å²) in [6, 6.07) is 0. The molecule has 1 aromatic heterocycles. The number of nitrogens with one attached hydrogen (secondary N) is 2. The molecule has 1 saturated heterocycles. The number of nitrogens with zero attached hydrogens (tertiary/aromatic N) is 3. The van der Waals surface area contributed by atoms with Crippen LogP contribution in [0.25, 0.3) is 0 Å². The van der Waals surface area contributed by atoms with Crippen molar-refractivity contribution in [1.82, 2.24) is 24.2 Å². The normalized spacial score (nSPS) is 18.3. The van der Waals surface area contributed by atoms with Gasteiger partial charge in [0.2, 0.25) is 0 Å². The first-order valence-electron chi connectivity index (χ1n) is 6.41. The smallest absolute Gasteiger partial charge is 0.254 e. The van der Waals surface area contributed by atoms with Crippen molar-refractivity contribution in [3.05, 3.63) is 6.33 Å². The summed E-state index contributed by atoms with van der Waals surface area (Å²) < 4.78 is 28.3. The van der Waals surface area contributed by atoms with Crippen LogP contribution in [0.2, 0.25) is 0 Å². The van der Waals surface area contributed by atoms with Crippen molar-refractivity contribution >= 4 is 22.0 Å². The summed E-state index contributed by atoms with van der Waals surface area (Å²) >= 11 is 1.44. The van der Waals surface area contributed by atoms with Crippen molar-refractivity contribution in [2.24, 2.45) is 0 Å². The highest BCUT2D eigenvalue weighted by Crippen LogP contribution is 2.13. The Bertz CT molecular complexity index is 454. The van der Waals surface area contributed by atoms with Crippen molar-refractivity contribution in [2.75, 3.05) is 25.4 Å². The largest absolute Gasteiger partial charge is 0.279 e. The molecule has 0 bridgehead atoms. The molecule has 1 aromatic rings. The summed E-state index contributed by atoms with van der Waals surface area (Å²) in [6.07, 6.45) is 5.58. The molecule has 0 radical (unpaired) electrons. The Morgan fingerprint density at radius 2 is 2.05 bits per heavy atom. The van der Waals surface area contributed by atoms with Crippen LogP contribution in [0.5, 0.6) is 0 Å². The molecule has 7 nitrogen and oxygen atoms in total. The van der Waals surface area contributed by atoms with Crippen LogP contribution in [0.4, 0.5) is 0 Å². The van der Waals surface area contributed by atoms with Gasteiger partial charge >= 0.3 is 0 Å². The van der Waals surface area contributed by atoms with E-state index >= 15 is 0 Å². The molecule has 0 saturated carbocycles. The number of rotatable bonds is 6. The van der Waals surface area contributed by atoms with E-state index in [1.54, 1.807) is 4.31 Å². The zero-order chi connectivity index (χ0) is 13.6. The van der Waals surface area contributed by atoms with Crippen LogP contribution < -0.4 is 4.72 Å². The fraction of sp³-hybridized carbons (Fsp3) is 0.800. The molecule has 1 aliphatic rings. The highest BCUT2D eigenvalue weighted by Gasteiger charge is 2.21. The third-order valence-electron chi connectivity index (χ3n) is 2.92. The minimum atomic E-state index is -3.32. The van der Waals surface area contributed by atoms with Crippen molar-refractivity contribution in [3.8, 4) is 0 Å². The second-order valence-corrected chi connectivity index (χ2v) is 7.19. The summed E-state index contributed by atoms with van der Waals surface area (Å²) in [7, 11) is -3.32. The molecule has 2 heterocycles. The van der Waals surface area contributed by atoms with E-state index in [-0.39, 0.29) is 0 Å². The number of hydrogen-bond acceptors (Lipinski definition) is 5. The minimum Gasteiger partial charge on any atom is -0.254 e. The fourth-order valence-corrected chi connectivity index (χ4v) is 4.00. The molecular formula is C10H19N5O2S2. The minimum absolute atomic E-state index is 0.393. The molecule has 0 aromatic carbocycles. The van der Waals surface area contributed by atoms with Gasteiger partial charge in [0.1, 0.15) is 6.33 Å². The van der Waals surface area contributed by atoms with Crippen molar-refractivity contribution in [2.45, 2.75) is 30.8 Å². The SMILES string of the molecule is O=S(=O)(NCCSc1ncn[nH]1)N1CCCCCC1. The highest BCUT2D eigenvalue weighted by molar-refractivity contribution is 7.99. The van der Waals surface area contributed by atoms with Crippen LogP contribution in [-0.4, -0.2) is 53.3 Å². The lowest BCUT2D eigenvalue weighted by Gasteiger charge is -2.19. The number of hydrogen-bond donors (Lipinski definition) is 2. The quantitative estimate of drug-likeness (QED) is 0.593. The molecule has 1 fully saturated rings. The molecule has 0 aliphatic carbocycles. The van der Waals surface area contributed by atoms with Crippen LogP contribution in [0.15, 0.2) is 11.5 Å². The van der Waals surface area contributed by atoms with E-state index in [0.717, 1.165) is 25.7 Å². The van der Waals surface area contributed by atoms with Crippen LogP contribution in [0.1, 0.15) is 25.7 Å². The lowest BCUT2D eigenvalue weighted by Crippen LogP contribution is -2.42. The van der Waals surface area contributed by atoms with Crippen molar-refractivity contribution < 1.29 is 8.42 Å². The van der Waals surface area contributed by atoms with Crippen molar-refractivity contribution in [1.29, 1.82) is 0 Å². The molecule has 2 rings (SSSR count). The van der Waals surface area contributed by atoms with E-state index in [9.17, 15) is 8.42 Å². The first kappa shape index (κ1) is 14.8. The van der Waals surface area contributed by atoms with E-state index in [1.165, 1.54) is 18.1 Å². The van der Waals surface area contributed by atoms with Gasteiger partial charge in [-0.15, -0.1) is 0 Å². The highest BCUT2D eigenvalue weighted by atomic mass is 32.2. The first-order chi connectivity index (χ1) is 9.18. The van der Waals surface area contributed by atoms with E-state index in [0.29, 0.717) is 30.5 Å². The Kier molecular flexibility index (Phi) is 5.61. The van der Waals surface area contributed by atoms with Gasteiger partial charge in [0.25, 0.3) is 10.2 Å². The molecule has 0 spiro atoms. The zero-order valence-corrected chi connectivity index (χ0v) is 12.3. The monoisotopic (exact) mass is 305 g/mol. The lowest BCUT2D eigenvalue weighted by molar-refractivity contribution is 0.416. The maximum atomic E-state index is 12.1. The van der Waals surface area contributed by atoms with Gasteiger partial charge < -0.3 is 0 Å². The van der Waals surface area contributed by atoms with Gasteiger partial charge in [0, 0.05) is 25.4 Å². The number of aromatic amines is 1. The van der Waals surface area contributed by atoms with Gasteiger partial charge in [-0.05, 0) is 12.8 Å². The topological polar surface area (TPSA) is 91.0 Å². The van der Waals surface area contributed by atoms with Gasteiger partial charge in [0.05, 0.1) is 0 Å². The number of thioether (sulfide) groups is 1. The predicted octanol–water partition coefficient (Wildman–Crippen LogP) is 0.607. The van der Waals surface area contributed by atoms with Crippen molar-refractivity contribution in [3.63, 3.8) is 0 Å². The molecule has 2 N–H and O–H groups in total. The molecule has 19 heavy (non-hydrogen) atoms. The van der Waals surface area contributed by atoms with E-state index in [1.807, 2.05) is 0 Å². The van der Waals surface area contributed by atoms with E-state index in [2.05, 4.69) is 19.9 Å². The molecule has 1 aliphatic heterocycles. The molecule has 0 atom stereocenters. The maximum Gasteiger partial charge on any atom is 0.279 e. The van der Waals surface area contributed by atoms with Gasteiger partial charge in [-0.3, -0.25) is 5.10 Å². The summed E-state index contributed by atoms with van der Waals surface area (Å²) in [6.45, 7) is 1.65. The second-order valence-electron chi connectivity index (χ2n) is 4.35. The lowest BCUT2D eigenvalue weighted by atomic mass is 10.2. The number of H-pyrrole nitrogens is 1. The van der Waals surface area contributed by atoms with Crippen LogP contribution in [0, 0.1) is 0 Å². The second kappa shape index (κ2) is 7.22. The standard InChI is InChI=1S/C10H19N5O2S2/c16-19(17,15-6-3-1-2-4-7-15)13-5-8-18-10-11-9-12-14-10/h9,13H,1-8H2,(H,11,12,14). The third kappa shape index (κ3) is 4.75. The number of aromatic nitrogens is 3. The van der Waals surface area contributed by atoms with Crippen LogP contribution in [0.3, 0.4) is 0 Å². The van der Waals surface area contributed by atoms with Gasteiger partial charge in [-0.2, -0.15) is 17.8 Å². The summed E-state index contributed by atoms with van der Waals surface area (Å²) in [5.41, 5.74) is 0. The van der Waals surface area contributed by atoms with E-state index in [4.69, 9.17) is 0 Å². The Morgan fingerprint density at radius 3 is 2.68 bits per heavy atom. The zero-order valence-electron chi connectivity index (χ0n) is 10.7. The molecule has 0 amide bonds. The molecule has 0 unspecified atom stereocenters. The molecule has 9 heteroatoms. The predicted molar refractivity (Wildman–Crippen MR) is 74.1 cm³/mol. The first-order valence-corrected chi connectivity index (χ1v) is 8.84. The van der Waals surface area contributed by atoms with Crippen LogP contribution in [-0.2, 0) is 10.2 Å². The molecule has 108 valence electrons. The van der Waals surface area contributed by atoms with Gasteiger partial charge in [0.15, 0.2) is 5.16 Å². The van der Waals surface area contributed by atoms with E-state index < -0.39 is 10.2 Å². The molecular weight excluding hydrogens is 286 g/mol. The Balaban J connectivity index is 1.73. The average molecular weight is 305 g/mol. The van der Waals surface area contributed by atoms with Crippen LogP contribution >= 0.6 is 11.8 Å². The fourth-order valence-electron chi connectivity index (χ4n) is 1.96.